The number of fused-ring (bicyclic) bond motifs is 7. The van der Waals surface area contributed by atoms with Crippen LogP contribution in [0, 0.1) is 18.8 Å². The van der Waals surface area contributed by atoms with E-state index in [1.165, 1.54) is 48.0 Å². The van der Waals surface area contributed by atoms with E-state index in [0.717, 1.165) is 61.5 Å². The molecule has 1 aliphatic heterocycles. The molecule has 0 N–H and O–H groups in total. The van der Waals surface area contributed by atoms with Gasteiger partial charge in [0, 0.05) is 81.5 Å². The van der Waals surface area contributed by atoms with Crippen molar-refractivity contribution >= 4 is 76.1 Å². The third-order valence-corrected chi connectivity index (χ3v) is 15.4. The molecule has 11 aromatic rings. The molecule has 0 radical (unpaired) electrons. The van der Waals surface area contributed by atoms with E-state index < -0.39 is 0 Å². The summed E-state index contributed by atoms with van der Waals surface area (Å²) in [4.78, 5) is 9.49. The molecule has 8 aromatic carbocycles. The molecule has 0 aliphatic carbocycles. The van der Waals surface area contributed by atoms with Gasteiger partial charge in [0.05, 0.1) is 0 Å². The molecule has 1 aliphatic rings. The second kappa shape index (κ2) is 18.2. The summed E-state index contributed by atoms with van der Waals surface area (Å²) in [5, 5.41) is 4.82. The molecule has 0 fully saturated rings. The van der Waals surface area contributed by atoms with Crippen LogP contribution in [0.5, 0.6) is 11.5 Å². The van der Waals surface area contributed by atoms with Crippen molar-refractivity contribution in [1.29, 1.82) is 0 Å². The number of rotatable bonds is 7. The molecule has 3 aromatic heterocycles. The molecule has 0 saturated carbocycles. The van der Waals surface area contributed by atoms with Crippen LogP contribution in [0.4, 0.5) is 22.7 Å². The average molecular weight is 1150 g/mol. The topological polar surface area (TPSA) is 33.5 Å². The monoisotopic (exact) mass is 1150 g/mol. The van der Waals surface area contributed by atoms with Crippen molar-refractivity contribution in [3.63, 3.8) is 0 Å². The number of pyridine rings is 1. The van der Waals surface area contributed by atoms with E-state index in [2.05, 4.69) is 247 Å². The third kappa shape index (κ3) is 8.93. The molecule has 7 heteroatoms. The number of para-hydroxylation sites is 2. The van der Waals surface area contributed by atoms with Crippen LogP contribution in [-0.4, -0.2) is 9.55 Å². The number of hydrogen-bond donors (Lipinski definition) is 0. The average Bonchev–Trinajstić information content (AvgIpc) is 4.05. The molecule has 0 saturated heterocycles. The number of benzene rings is 8. The SMILES string of the molecule is CC(C)(C)c1cc(N2[CH-]N(c3[c-]c(Oc4[c-]c5c(cc4)c4cc(-c6ccc(-c7ccc8sc9ccccc9c8c7)cc6)ccc4n5-c4cc(C(C)(C)C)ccn4)ccc3)c3ccccc32)cc(C(C)(C)C)c1.[Pt]. The summed E-state index contributed by atoms with van der Waals surface area (Å²) in [5.41, 5.74) is 14.6. The van der Waals surface area contributed by atoms with Crippen LogP contribution in [0.1, 0.15) is 79.0 Å². The van der Waals surface area contributed by atoms with Gasteiger partial charge in [-0.3, -0.25) is 0 Å². The van der Waals surface area contributed by atoms with Crippen molar-refractivity contribution in [2.45, 2.75) is 78.6 Å². The third-order valence-electron chi connectivity index (χ3n) is 14.2. The standard InChI is InChI=1S/C66H57N4OS.Pt/c1-64(2,3)46-31-32-67-63(38-46)70-57-29-25-44(42-21-23-43(24-22-42)45-26-30-62-56(34-45)54-17-10-13-20-61(54)72-62)33-55(57)53-28-27-52(40-60(53)70)71-51-16-14-15-49(39-51)68-41-69(59-19-12-11-18-58(59)68)50-36-47(65(4,5)6)35-48(37-50)66(7,8)9;/h10-38,41H,1-9H3;/q-3;. The molecule has 4 heterocycles. The van der Waals surface area contributed by atoms with Gasteiger partial charge < -0.3 is 19.1 Å². The fourth-order valence-corrected chi connectivity index (χ4v) is 11.1. The summed E-state index contributed by atoms with van der Waals surface area (Å²) in [7, 11) is 0. The van der Waals surface area contributed by atoms with E-state index >= 15 is 0 Å². The zero-order valence-corrected chi connectivity index (χ0v) is 45.8. The Morgan fingerprint density at radius 3 is 1.78 bits per heavy atom. The van der Waals surface area contributed by atoms with Crippen molar-refractivity contribution < 1.29 is 25.8 Å². The number of nitrogens with zero attached hydrogens (tertiary/aromatic N) is 4. The Morgan fingerprint density at radius 2 is 1.08 bits per heavy atom. The number of aromatic nitrogens is 2. The minimum atomic E-state index is -0.0615. The van der Waals surface area contributed by atoms with Crippen LogP contribution >= 0.6 is 11.3 Å². The first-order valence-corrected chi connectivity index (χ1v) is 25.7. The number of thiophene rings is 1. The van der Waals surface area contributed by atoms with Crippen LogP contribution < -0.4 is 14.5 Å². The molecule has 0 amide bonds. The Hall–Kier alpha value is -6.98. The molecule has 0 spiro atoms. The van der Waals surface area contributed by atoms with Gasteiger partial charge in [-0.2, -0.15) is 12.1 Å². The second-order valence-electron chi connectivity index (χ2n) is 22.3. The van der Waals surface area contributed by atoms with Crippen molar-refractivity contribution in [3.8, 4) is 39.6 Å². The maximum atomic E-state index is 6.74. The largest absolute Gasteiger partial charge is 0.509 e. The van der Waals surface area contributed by atoms with Crippen LogP contribution in [0.2, 0.25) is 0 Å². The normalized spacial score (nSPS) is 13.1. The molecule has 12 rings (SSSR count). The molecule has 0 atom stereocenters. The Kier molecular flexibility index (Phi) is 12.0. The first kappa shape index (κ1) is 48.3. The van der Waals surface area contributed by atoms with E-state index in [9.17, 15) is 0 Å². The van der Waals surface area contributed by atoms with Gasteiger partial charge in [0.1, 0.15) is 5.82 Å². The fourth-order valence-electron chi connectivity index (χ4n) is 10.0. The van der Waals surface area contributed by atoms with Gasteiger partial charge in [-0.25, -0.2) is 4.98 Å². The van der Waals surface area contributed by atoms with Crippen LogP contribution in [0.25, 0.3) is 70.0 Å². The van der Waals surface area contributed by atoms with Crippen molar-refractivity contribution in [1.82, 2.24) is 9.55 Å². The Balaban J connectivity index is 0.00000574. The second-order valence-corrected chi connectivity index (χ2v) is 23.4. The van der Waals surface area contributed by atoms with Gasteiger partial charge in [0.2, 0.25) is 0 Å². The Morgan fingerprint density at radius 1 is 0.479 bits per heavy atom. The van der Waals surface area contributed by atoms with Crippen LogP contribution in [0.3, 0.4) is 0 Å². The van der Waals surface area contributed by atoms with Gasteiger partial charge in [0.25, 0.3) is 0 Å². The maximum Gasteiger partial charge on any atom is 0.135 e. The van der Waals surface area contributed by atoms with Crippen molar-refractivity contribution in [2.75, 3.05) is 9.80 Å². The van der Waals surface area contributed by atoms with Gasteiger partial charge >= 0.3 is 0 Å². The van der Waals surface area contributed by atoms with Gasteiger partial charge in [-0.05, 0) is 121 Å². The van der Waals surface area contributed by atoms with E-state index in [1.807, 2.05) is 35.7 Å². The summed E-state index contributed by atoms with van der Waals surface area (Å²) < 4.78 is 11.6. The van der Waals surface area contributed by atoms with E-state index in [4.69, 9.17) is 9.72 Å². The molecular formula is C66H57N4OPtS-3. The molecule has 73 heavy (non-hydrogen) atoms. The molecule has 5 nitrogen and oxygen atoms in total. The van der Waals surface area contributed by atoms with E-state index in [0.29, 0.717) is 11.5 Å². The Bertz CT molecular complexity index is 3870. The minimum absolute atomic E-state index is 0. The smallest absolute Gasteiger partial charge is 0.135 e. The fraction of sp³-hybridized carbons (Fsp3) is 0.182. The maximum absolute atomic E-state index is 6.74. The van der Waals surface area contributed by atoms with E-state index in [-0.39, 0.29) is 37.3 Å². The summed E-state index contributed by atoms with van der Waals surface area (Å²) >= 11 is 1.85. The summed E-state index contributed by atoms with van der Waals surface area (Å²) in [6.45, 7) is 22.6. The number of hydrogen-bond acceptors (Lipinski definition) is 5. The molecule has 0 unspecified atom stereocenters. The van der Waals surface area contributed by atoms with Gasteiger partial charge in [-0.15, -0.1) is 59.4 Å². The van der Waals surface area contributed by atoms with Crippen LogP contribution in [0.15, 0.2) is 176 Å². The quantitative estimate of drug-likeness (QED) is 0.149. The Labute approximate surface area is 448 Å². The molecule has 366 valence electrons. The van der Waals surface area contributed by atoms with Gasteiger partial charge in [0.15, 0.2) is 0 Å². The summed E-state index contributed by atoms with van der Waals surface area (Å²) in [6.07, 6.45) is 1.92. The zero-order chi connectivity index (χ0) is 49.7. The summed E-state index contributed by atoms with van der Waals surface area (Å²) in [5.74, 6) is 2.03. The number of anilines is 4. The van der Waals surface area contributed by atoms with Crippen molar-refractivity contribution in [3.05, 3.63) is 212 Å². The minimum Gasteiger partial charge on any atom is -0.509 e. The van der Waals surface area contributed by atoms with Crippen molar-refractivity contribution in [2.24, 2.45) is 0 Å². The molecule has 0 bridgehead atoms. The van der Waals surface area contributed by atoms with Crippen LogP contribution in [-0.2, 0) is 37.3 Å². The zero-order valence-electron chi connectivity index (χ0n) is 42.7. The number of ether oxygens (including phenoxy) is 1. The van der Waals surface area contributed by atoms with Gasteiger partial charge in [-0.1, -0.05) is 147 Å². The summed E-state index contributed by atoms with van der Waals surface area (Å²) in [6, 6.07) is 68.8. The predicted octanol–water partition coefficient (Wildman–Crippen LogP) is 18.6. The predicted molar refractivity (Wildman–Crippen MR) is 304 cm³/mol. The first-order chi connectivity index (χ1) is 34.5. The van der Waals surface area contributed by atoms with E-state index in [1.54, 1.807) is 0 Å². The molecular weight excluding hydrogens is 1090 g/mol. The first-order valence-electron chi connectivity index (χ1n) is 24.9.